The Balaban J connectivity index is 2.62. The predicted molar refractivity (Wildman–Crippen MR) is 71.4 cm³/mol. The van der Waals surface area contributed by atoms with E-state index in [-0.39, 0.29) is 22.8 Å². The van der Waals surface area contributed by atoms with E-state index in [0.29, 0.717) is 22.0 Å². The quantitative estimate of drug-likeness (QED) is 0.891. The number of benzene rings is 1. The van der Waals surface area contributed by atoms with Crippen LogP contribution in [0.5, 0.6) is 5.88 Å². The van der Waals surface area contributed by atoms with Crippen LogP contribution in [0.1, 0.15) is 12.5 Å². The summed E-state index contributed by atoms with van der Waals surface area (Å²) >= 11 is 11.8. The smallest absolute Gasteiger partial charge is 0.258 e. The molecule has 2 aromatic rings. The highest BCUT2D eigenvalue weighted by Gasteiger charge is 2.12. The van der Waals surface area contributed by atoms with E-state index in [1.165, 1.54) is 0 Å². The van der Waals surface area contributed by atoms with E-state index < -0.39 is 0 Å². The molecule has 6 heteroatoms. The van der Waals surface area contributed by atoms with E-state index in [9.17, 15) is 9.90 Å². The molecule has 0 aliphatic carbocycles. The molecule has 0 unspecified atom stereocenters. The third kappa shape index (κ3) is 2.35. The molecule has 0 aliphatic heterocycles. The summed E-state index contributed by atoms with van der Waals surface area (Å²) in [7, 11) is 0. The minimum Gasteiger partial charge on any atom is -0.493 e. The highest BCUT2D eigenvalue weighted by Crippen LogP contribution is 2.28. The fourth-order valence-electron chi connectivity index (χ4n) is 1.61. The number of nitrogens with zero attached hydrogens (tertiary/aromatic N) is 1. The van der Waals surface area contributed by atoms with Gasteiger partial charge in [-0.1, -0.05) is 30.1 Å². The molecular weight excluding hydrogens is 275 g/mol. The Kier molecular flexibility index (Phi) is 3.59. The van der Waals surface area contributed by atoms with E-state index in [1.807, 2.05) is 0 Å². The predicted octanol–water partition coefficient (Wildman–Crippen LogP) is 3.01. The average Bonchev–Trinajstić information content (AvgIpc) is 2.28. The molecule has 0 saturated carbocycles. The van der Waals surface area contributed by atoms with Gasteiger partial charge in [0.1, 0.15) is 5.82 Å². The Morgan fingerprint density at radius 2 is 2.11 bits per heavy atom. The molecule has 0 aliphatic rings. The van der Waals surface area contributed by atoms with Crippen LogP contribution in [0.25, 0.3) is 11.4 Å². The van der Waals surface area contributed by atoms with Crippen LogP contribution in [0, 0.1) is 0 Å². The van der Waals surface area contributed by atoms with E-state index in [4.69, 9.17) is 23.2 Å². The zero-order valence-corrected chi connectivity index (χ0v) is 11.0. The maximum absolute atomic E-state index is 11.7. The van der Waals surface area contributed by atoms with Crippen molar-refractivity contribution in [3.63, 3.8) is 0 Å². The van der Waals surface area contributed by atoms with Gasteiger partial charge in [0.25, 0.3) is 5.56 Å². The number of H-pyrrole nitrogens is 1. The molecule has 1 heterocycles. The summed E-state index contributed by atoms with van der Waals surface area (Å²) in [6.45, 7) is 1.76. The molecule has 1 aromatic carbocycles. The third-order valence-corrected chi connectivity index (χ3v) is 3.08. The number of aromatic amines is 1. The first-order valence-corrected chi connectivity index (χ1v) is 6.06. The van der Waals surface area contributed by atoms with E-state index in [2.05, 4.69) is 9.97 Å². The van der Waals surface area contributed by atoms with Gasteiger partial charge in [0.05, 0.1) is 10.6 Å². The molecule has 0 amide bonds. The Labute approximate surface area is 113 Å². The molecule has 2 rings (SSSR count). The topological polar surface area (TPSA) is 66.0 Å². The molecule has 0 saturated heterocycles. The molecule has 94 valence electrons. The van der Waals surface area contributed by atoms with Gasteiger partial charge in [-0.15, -0.1) is 0 Å². The van der Waals surface area contributed by atoms with E-state index in [1.54, 1.807) is 25.1 Å². The van der Waals surface area contributed by atoms with Crippen molar-refractivity contribution < 1.29 is 5.11 Å². The number of rotatable bonds is 2. The summed E-state index contributed by atoms with van der Waals surface area (Å²) in [4.78, 5) is 18.2. The maximum atomic E-state index is 11.7. The molecule has 0 fully saturated rings. The highest BCUT2D eigenvalue weighted by atomic mass is 35.5. The molecule has 18 heavy (non-hydrogen) atoms. The summed E-state index contributed by atoms with van der Waals surface area (Å²) in [6.07, 6.45) is 0.406. The van der Waals surface area contributed by atoms with Crippen LogP contribution in [0.4, 0.5) is 0 Å². The monoisotopic (exact) mass is 284 g/mol. The lowest BCUT2D eigenvalue weighted by atomic mass is 10.2. The van der Waals surface area contributed by atoms with Crippen molar-refractivity contribution in [1.82, 2.24) is 9.97 Å². The Morgan fingerprint density at radius 1 is 1.39 bits per heavy atom. The van der Waals surface area contributed by atoms with E-state index >= 15 is 0 Å². The zero-order valence-electron chi connectivity index (χ0n) is 9.50. The van der Waals surface area contributed by atoms with Gasteiger partial charge in [-0.3, -0.25) is 4.79 Å². The minimum absolute atomic E-state index is 0.219. The summed E-state index contributed by atoms with van der Waals surface area (Å²) < 4.78 is 0. The number of hydrogen-bond acceptors (Lipinski definition) is 3. The fraction of sp³-hybridized carbons (Fsp3) is 0.167. The number of halogens is 2. The van der Waals surface area contributed by atoms with Crippen molar-refractivity contribution in [2.75, 3.05) is 0 Å². The van der Waals surface area contributed by atoms with Crippen LogP contribution in [0.3, 0.4) is 0 Å². The molecule has 2 N–H and O–H groups in total. The first kappa shape index (κ1) is 12.9. The first-order valence-electron chi connectivity index (χ1n) is 5.30. The van der Waals surface area contributed by atoms with Crippen molar-refractivity contribution in [2.24, 2.45) is 0 Å². The van der Waals surface area contributed by atoms with Crippen LogP contribution in [-0.2, 0) is 6.42 Å². The minimum atomic E-state index is -0.369. The lowest BCUT2D eigenvalue weighted by Gasteiger charge is -2.06. The summed E-state index contributed by atoms with van der Waals surface area (Å²) in [6, 6.07) is 4.81. The molecule has 4 nitrogen and oxygen atoms in total. The second-order valence-corrected chi connectivity index (χ2v) is 4.54. The largest absolute Gasteiger partial charge is 0.493 e. The van der Waals surface area contributed by atoms with Crippen molar-refractivity contribution in [1.29, 1.82) is 0 Å². The second-order valence-electron chi connectivity index (χ2n) is 3.69. The molecule has 0 spiro atoms. The van der Waals surface area contributed by atoms with Gasteiger partial charge in [-0.05, 0) is 24.6 Å². The molecular formula is C12H10Cl2N2O2. The lowest BCUT2D eigenvalue weighted by molar-refractivity contribution is 0.444. The van der Waals surface area contributed by atoms with Gasteiger partial charge < -0.3 is 10.1 Å². The number of hydrogen-bond donors (Lipinski definition) is 2. The first-order chi connectivity index (χ1) is 8.52. The average molecular weight is 285 g/mol. The Morgan fingerprint density at radius 3 is 2.67 bits per heavy atom. The maximum Gasteiger partial charge on any atom is 0.258 e. The normalized spacial score (nSPS) is 10.6. The van der Waals surface area contributed by atoms with Gasteiger partial charge in [0, 0.05) is 10.6 Å². The Hall–Kier alpha value is -1.52. The summed E-state index contributed by atoms with van der Waals surface area (Å²) in [5.41, 5.74) is 0.394. The highest BCUT2D eigenvalue weighted by molar-refractivity contribution is 6.36. The number of aromatic hydroxyl groups is 1. The second kappa shape index (κ2) is 5.00. The van der Waals surface area contributed by atoms with Crippen LogP contribution >= 0.6 is 23.2 Å². The van der Waals surface area contributed by atoms with Gasteiger partial charge in [0.15, 0.2) is 0 Å². The molecule has 0 atom stereocenters. The van der Waals surface area contributed by atoms with Crippen molar-refractivity contribution in [3.8, 4) is 17.3 Å². The summed E-state index contributed by atoms with van der Waals surface area (Å²) in [5.74, 6) is -0.0568. The molecule has 1 aromatic heterocycles. The fourth-order valence-corrected chi connectivity index (χ4v) is 2.11. The molecule has 0 bridgehead atoms. The van der Waals surface area contributed by atoms with Crippen molar-refractivity contribution in [2.45, 2.75) is 13.3 Å². The SMILES string of the molecule is CCc1c(O)nc(-c2ccc(Cl)cc2Cl)[nH]c1=O. The lowest BCUT2D eigenvalue weighted by Crippen LogP contribution is -2.14. The van der Waals surface area contributed by atoms with Crippen molar-refractivity contribution in [3.05, 3.63) is 44.2 Å². The van der Waals surface area contributed by atoms with Gasteiger partial charge in [-0.25, -0.2) is 0 Å². The van der Waals surface area contributed by atoms with Crippen LogP contribution in [0.2, 0.25) is 10.0 Å². The van der Waals surface area contributed by atoms with Crippen LogP contribution in [0.15, 0.2) is 23.0 Å². The Bertz CT molecular complexity index is 653. The number of nitrogens with one attached hydrogen (secondary N) is 1. The van der Waals surface area contributed by atoms with Gasteiger partial charge >= 0.3 is 0 Å². The van der Waals surface area contributed by atoms with E-state index in [0.717, 1.165) is 0 Å². The molecule has 0 radical (unpaired) electrons. The number of aromatic nitrogens is 2. The zero-order chi connectivity index (χ0) is 13.3. The standard InChI is InChI=1S/C12H10Cl2N2O2/c1-2-7-11(17)15-10(16-12(7)18)8-4-3-6(13)5-9(8)14/h3-5H,2H2,1H3,(H2,15,16,17,18). The van der Waals surface area contributed by atoms with Gasteiger partial charge in [0.2, 0.25) is 5.88 Å². The van der Waals surface area contributed by atoms with Gasteiger partial charge in [-0.2, -0.15) is 4.98 Å². The summed E-state index contributed by atoms with van der Waals surface area (Å²) in [5, 5.41) is 10.5. The van der Waals surface area contributed by atoms with Crippen LogP contribution < -0.4 is 5.56 Å². The van der Waals surface area contributed by atoms with Crippen molar-refractivity contribution >= 4 is 23.2 Å². The van der Waals surface area contributed by atoms with Crippen LogP contribution in [-0.4, -0.2) is 15.1 Å². The third-order valence-electron chi connectivity index (χ3n) is 2.53.